The van der Waals surface area contributed by atoms with Gasteiger partial charge in [0.25, 0.3) is 0 Å². The maximum absolute atomic E-state index is 5.76. The van der Waals surface area contributed by atoms with Crippen LogP contribution >= 0.6 is 0 Å². The van der Waals surface area contributed by atoms with Gasteiger partial charge >= 0.3 is 0 Å². The van der Waals surface area contributed by atoms with Crippen LogP contribution < -0.4 is 4.74 Å². The fourth-order valence-electron chi connectivity index (χ4n) is 1.91. The van der Waals surface area contributed by atoms with E-state index in [-0.39, 0.29) is 0 Å². The topological polar surface area (TPSA) is 35.0 Å². The molecule has 20 heavy (non-hydrogen) atoms. The Morgan fingerprint density at radius 3 is 2.55 bits per heavy atom. The maximum Gasteiger partial charge on any atom is 0.138 e. The molecule has 0 aliphatic carbocycles. The van der Waals surface area contributed by atoms with Crippen LogP contribution in [0.5, 0.6) is 5.75 Å². The van der Waals surface area contributed by atoms with Crippen LogP contribution in [0.2, 0.25) is 0 Å². The Morgan fingerprint density at radius 1 is 0.900 bits per heavy atom. The van der Waals surface area contributed by atoms with Crippen LogP contribution in [-0.4, -0.2) is 9.97 Å². The lowest BCUT2D eigenvalue weighted by atomic mass is 10.2. The second-order valence-corrected chi connectivity index (χ2v) is 4.40. The van der Waals surface area contributed by atoms with Gasteiger partial charge in [-0.15, -0.1) is 0 Å². The first kappa shape index (κ1) is 12.4. The Labute approximate surface area is 117 Å². The van der Waals surface area contributed by atoms with E-state index in [2.05, 4.69) is 9.97 Å². The predicted octanol–water partition coefficient (Wildman–Crippen LogP) is 3.72. The van der Waals surface area contributed by atoms with Crippen molar-refractivity contribution in [3.63, 3.8) is 0 Å². The Morgan fingerprint density at radius 2 is 1.75 bits per heavy atom. The fraction of sp³-hybridized carbons (Fsp3) is 0.0588. The smallest absolute Gasteiger partial charge is 0.138 e. The molecule has 0 amide bonds. The second-order valence-electron chi connectivity index (χ2n) is 4.40. The van der Waals surface area contributed by atoms with E-state index in [1.54, 1.807) is 18.6 Å². The van der Waals surface area contributed by atoms with Crippen molar-refractivity contribution in [2.24, 2.45) is 0 Å². The molecule has 2 aromatic heterocycles. The number of pyridine rings is 2. The fourth-order valence-corrected chi connectivity index (χ4v) is 1.91. The number of benzene rings is 1. The molecule has 98 valence electrons. The molecular weight excluding hydrogens is 248 g/mol. The van der Waals surface area contributed by atoms with Gasteiger partial charge in [-0.25, -0.2) is 0 Å². The summed E-state index contributed by atoms with van der Waals surface area (Å²) >= 11 is 0. The maximum atomic E-state index is 5.76. The molecule has 0 aliphatic rings. The summed E-state index contributed by atoms with van der Waals surface area (Å²) < 4.78 is 5.76. The highest BCUT2D eigenvalue weighted by atomic mass is 16.5. The summed E-state index contributed by atoms with van der Waals surface area (Å²) in [6.07, 6.45) is 5.28. The highest BCUT2D eigenvalue weighted by Gasteiger charge is 2.02. The average Bonchev–Trinajstić information content (AvgIpc) is 2.55. The third kappa shape index (κ3) is 3.01. The molecule has 3 heteroatoms. The van der Waals surface area contributed by atoms with Gasteiger partial charge in [-0.2, -0.15) is 0 Å². The van der Waals surface area contributed by atoms with Crippen molar-refractivity contribution in [1.29, 1.82) is 0 Å². The quantitative estimate of drug-likeness (QED) is 0.718. The monoisotopic (exact) mass is 262 g/mol. The first-order valence-electron chi connectivity index (χ1n) is 6.45. The normalized spacial score (nSPS) is 10.2. The molecule has 0 radical (unpaired) electrons. The molecular formula is C17H14N2O. The SMILES string of the molecule is c1ccc(COc2cncc(-c3ccccn3)c2)cc1. The van der Waals surface area contributed by atoms with Gasteiger partial charge in [0.15, 0.2) is 0 Å². The highest BCUT2D eigenvalue weighted by molar-refractivity contribution is 5.59. The molecule has 0 unspecified atom stereocenters. The number of nitrogens with zero attached hydrogens (tertiary/aromatic N) is 2. The summed E-state index contributed by atoms with van der Waals surface area (Å²) in [5.41, 5.74) is 2.98. The molecule has 0 saturated carbocycles. The van der Waals surface area contributed by atoms with Gasteiger partial charge in [0, 0.05) is 18.0 Å². The Bertz CT molecular complexity index is 669. The third-order valence-electron chi connectivity index (χ3n) is 2.92. The van der Waals surface area contributed by atoms with E-state index >= 15 is 0 Å². The van der Waals surface area contributed by atoms with Crippen LogP contribution in [0.4, 0.5) is 0 Å². The van der Waals surface area contributed by atoms with E-state index < -0.39 is 0 Å². The second kappa shape index (κ2) is 5.97. The van der Waals surface area contributed by atoms with Crippen molar-refractivity contribution in [3.8, 4) is 17.0 Å². The number of ether oxygens (including phenoxy) is 1. The van der Waals surface area contributed by atoms with Crippen molar-refractivity contribution >= 4 is 0 Å². The third-order valence-corrected chi connectivity index (χ3v) is 2.92. The van der Waals surface area contributed by atoms with Gasteiger partial charge in [-0.1, -0.05) is 36.4 Å². The van der Waals surface area contributed by atoms with Crippen molar-refractivity contribution in [3.05, 3.63) is 78.8 Å². The minimum Gasteiger partial charge on any atom is -0.487 e. The first-order valence-corrected chi connectivity index (χ1v) is 6.45. The molecule has 0 spiro atoms. The lowest BCUT2D eigenvalue weighted by Gasteiger charge is -2.07. The summed E-state index contributed by atoms with van der Waals surface area (Å²) in [4.78, 5) is 8.52. The lowest BCUT2D eigenvalue weighted by molar-refractivity contribution is 0.305. The molecule has 1 aromatic carbocycles. The minimum absolute atomic E-state index is 0.536. The summed E-state index contributed by atoms with van der Waals surface area (Å²) in [6, 6.07) is 17.8. The van der Waals surface area contributed by atoms with Gasteiger partial charge in [0.1, 0.15) is 12.4 Å². The Hall–Kier alpha value is -2.68. The van der Waals surface area contributed by atoms with Crippen LogP contribution in [0, 0.1) is 0 Å². The lowest BCUT2D eigenvalue weighted by Crippen LogP contribution is -1.96. The molecule has 0 N–H and O–H groups in total. The van der Waals surface area contributed by atoms with E-state index in [1.165, 1.54) is 0 Å². The minimum atomic E-state index is 0.536. The first-order chi connectivity index (χ1) is 9.92. The van der Waals surface area contributed by atoms with Gasteiger partial charge in [-0.05, 0) is 23.8 Å². The summed E-state index contributed by atoms with van der Waals surface area (Å²) in [5, 5.41) is 0. The van der Waals surface area contributed by atoms with Crippen LogP contribution in [-0.2, 0) is 6.61 Å². The van der Waals surface area contributed by atoms with Gasteiger partial charge < -0.3 is 4.74 Å². The standard InChI is InChI=1S/C17H14N2O/c1-2-6-14(7-3-1)13-20-16-10-15(11-18-12-16)17-8-4-5-9-19-17/h1-12H,13H2. The number of aromatic nitrogens is 2. The predicted molar refractivity (Wildman–Crippen MR) is 78.2 cm³/mol. The summed E-state index contributed by atoms with van der Waals surface area (Å²) in [7, 11) is 0. The molecule has 3 rings (SSSR count). The van der Waals surface area contributed by atoms with Gasteiger partial charge in [0.05, 0.1) is 11.9 Å². The Balaban J connectivity index is 1.75. The average molecular weight is 262 g/mol. The van der Waals surface area contributed by atoms with Crippen LogP contribution in [0.1, 0.15) is 5.56 Å². The molecule has 0 fully saturated rings. The van der Waals surface area contributed by atoms with Gasteiger partial charge in [0.2, 0.25) is 0 Å². The van der Waals surface area contributed by atoms with Crippen LogP contribution in [0.25, 0.3) is 11.3 Å². The van der Waals surface area contributed by atoms with E-state index in [9.17, 15) is 0 Å². The van der Waals surface area contributed by atoms with E-state index in [0.29, 0.717) is 6.61 Å². The molecule has 0 bridgehead atoms. The van der Waals surface area contributed by atoms with Crippen molar-refractivity contribution < 1.29 is 4.74 Å². The van der Waals surface area contributed by atoms with Crippen molar-refractivity contribution in [2.45, 2.75) is 6.61 Å². The van der Waals surface area contributed by atoms with Crippen molar-refractivity contribution in [2.75, 3.05) is 0 Å². The van der Waals surface area contributed by atoms with Gasteiger partial charge in [-0.3, -0.25) is 9.97 Å². The molecule has 0 saturated heterocycles. The van der Waals surface area contributed by atoms with Crippen LogP contribution in [0.15, 0.2) is 73.2 Å². The van der Waals surface area contributed by atoms with E-state index in [1.807, 2.05) is 54.6 Å². The molecule has 0 atom stereocenters. The summed E-state index contributed by atoms with van der Waals surface area (Å²) in [6.45, 7) is 0.536. The Kier molecular flexibility index (Phi) is 3.69. The van der Waals surface area contributed by atoms with E-state index in [0.717, 1.165) is 22.6 Å². The highest BCUT2D eigenvalue weighted by Crippen LogP contribution is 2.21. The molecule has 3 aromatic rings. The molecule has 2 heterocycles. The number of hydrogen-bond donors (Lipinski definition) is 0. The van der Waals surface area contributed by atoms with Crippen LogP contribution in [0.3, 0.4) is 0 Å². The number of hydrogen-bond acceptors (Lipinski definition) is 3. The zero-order valence-electron chi connectivity index (χ0n) is 10.9. The zero-order chi connectivity index (χ0) is 13.6. The zero-order valence-corrected chi connectivity index (χ0v) is 10.9. The molecule has 3 nitrogen and oxygen atoms in total. The van der Waals surface area contributed by atoms with Crippen molar-refractivity contribution in [1.82, 2.24) is 9.97 Å². The number of rotatable bonds is 4. The van der Waals surface area contributed by atoms with E-state index in [4.69, 9.17) is 4.74 Å². The molecule has 0 aliphatic heterocycles. The largest absolute Gasteiger partial charge is 0.487 e. The summed E-state index contributed by atoms with van der Waals surface area (Å²) in [5.74, 6) is 0.747.